The molecule has 0 aromatic rings. The Morgan fingerprint density at radius 3 is 2.17 bits per heavy atom. The molecule has 0 bridgehead atoms. The summed E-state index contributed by atoms with van der Waals surface area (Å²) in [4.78, 5) is 0. The molecule has 0 rings (SSSR count). The van der Waals surface area contributed by atoms with Gasteiger partial charge in [0.05, 0.1) is 4.71 Å². The van der Waals surface area contributed by atoms with Gasteiger partial charge in [0.2, 0.25) is 0 Å². The second kappa shape index (κ2) is 3.85. The summed E-state index contributed by atoms with van der Waals surface area (Å²) < 4.78 is -0.248. The fraction of sp³-hybridized carbons (Fsp3) is 0.333. The summed E-state index contributed by atoms with van der Waals surface area (Å²) in [5, 5.41) is 0. The van der Waals surface area contributed by atoms with Gasteiger partial charge in [-0.25, -0.2) is 0 Å². The van der Waals surface area contributed by atoms with E-state index < -0.39 is 0 Å². The Morgan fingerprint density at radius 2 is 2.17 bits per heavy atom. The summed E-state index contributed by atoms with van der Waals surface area (Å²) in [6.45, 7) is 0. The Bertz CT molecular complexity index is 50.8. The van der Waals surface area contributed by atoms with Crippen molar-refractivity contribution >= 4 is 35.8 Å². The number of hydrogen-bond acceptors (Lipinski definition) is 1. The highest BCUT2D eigenvalue weighted by Crippen LogP contribution is 2.01. The smallest absolute Gasteiger partial charge is 0.0952 e. The van der Waals surface area contributed by atoms with Crippen molar-refractivity contribution in [1.29, 1.82) is 0 Å². The largest absolute Gasteiger partial charge is 0.156 e. The minimum Gasteiger partial charge on any atom is -0.156 e. The van der Waals surface area contributed by atoms with Gasteiger partial charge in [-0.3, -0.25) is 0 Å². The second-order valence-electron chi connectivity index (χ2n) is 0.691. The standard InChI is InChI=1S/C3H4Cl2S/c4-2-1-3(5)6/h1-3,6H. The van der Waals surface area contributed by atoms with Crippen LogP contribution in [0.2, 0.25) is 0 Å². The van der Waals surface area contributed by atoms with E-state index in [0.717, 1.165) is 0 Å². The molecule has 0 saturated heterocycles. The second-order valence-corrected chi connectivity index (χ2v) is 2.27. The zero-order valence-corrected chi connectivity index (χ0v) is 5.34. The van der Waals surface area contributed by atoms with Crippen LogP contribution in [0.1, 0.15) is 0 Å². The Hall–Kier alpha value is 0.670. The van der Waals surface area contributed by atoms with Crippen LogP contribution in [-0.2, 0) is 0 Å². The highest BCUT2D eigenvalue weighted by Gasteiger charge is 1.81. The Balaban J connectivity index is 3.03. The van der Waals surface area contributed by atoms with Crippen molar-refractivity contribution in [2.45, 2.75) is 4.71 Å². The van der Waals surface area contributed by atoms with Crippen LogP contribution < -0.4 is 0 Å². The normalized spacial score (nSPS) is 15.8. The molecule has 6 heavy (non-hydrogen) atoms. The zero-order chi connectivity index (χ0) is 4.99. The molecular formula is C3H4Cl2S. The number of rotatable bonds is 1. The Kier molecular flexibility index (Phi) is 4.28. The Morgan fingerprint density at radius 1 is 1.67 bits per heavy atom. The molecule has 0 fully saturated rings. The van der Waals surface area contributed by atoms with Crippen molar-refractivity contribution in [2.75, 3.05) is 0 Å². The van der Waals surface area contributed by atoms with E-state index in [1.54, 1.807) is 6.08 Å². The van der Waals surface area contributed by atoms with Gasteiger partial charge in [0.15, 0.2) is 0 Å². The molecule has 0 aliphatic carbocycles. The maximum Gasteiger partial charge on any atom is 0.0952 e. The van der Waals surface area contributed by atoms with Gasteiger partial charge >= 0.3 is 0 Å². The molecule has 0 aliphatic rings. The molecule has 0 heterocycles. The molecule has 0 nitrogen and oxygen atoms in total. The molecule has 3 heteroatoms. The van der Waals surface area contributed by atoms with Crippen LogP contribution in [-0.4, -0.2) is 4.71 Å². The van der Waals surface area contributed by atoms with E-state index >= 15 is 0 Å². The van der Waals surface area contributed by atoms with Gasteiger partial charge < -0.3 is 0 Å². The summed E-state index contributed by atoms with van der Waals surface area (Å²) in [5.41, 5.74) is 1.34. The molecule has 0 radical (unpaired) electrons. The highest BCUT2D eigenvalue weighted by molar-refractivity contribution is 7.82. The summed E-state index contributed by atoms with van der Waals surface area (Å²) >= 11 is 14.1. The van der Waals surface area contributed by atoms with Crippen LogP contribution in [0.25, 0.3) is 0 Å². The minimum atomic E-state index is -0.248. The third kappa shape index (κ3) is 4.67. The van der Waals surface area contributed by atoms with E-state index in [9.17, 15) is 0 Å². The van der Waals surface area contributed by atoms with Crippen molar-refractivity contribution in [2.24, 2.45) is 0 Å². The summed E-state index contributed by atoms with van der Waals surface area (Å²) in [5.74, 6) is 0. The van der Waals surface area contributed by atoms with E-state index in [0.29, 0.717) is 0 Å². The van der Waals surface area contributed by atoms with Crippen molar-refractivity contribution in [3.05, 3.63) is 11.6 Å². The van der Waals surface area contributed by atoms with E-state index in [2.05, 4.69) is 12.6 Å². The third-order valence-electron chi connectivity index (χ3n) is 0.232. The van der Waals surface area contributed by atoms with Gasteiger partial charge in [-0.05, 0) is 6.08 Å². The first-order valence-corrected chi connectivity index (χ1v) is 2.75. The van der Waals surface area contributed by atoms with Crippen molar-refractivity contribution < 1.29 is 0 Å². The molecule has 0 aromatic heterocycles. The molecule has 36 valence electrons. The average Bonchev–Trinajstić information content (AvgIpc) is 1.35. The number of hydrogen-bond donors (Lipinski definition) is 1. The maximum absolute atomic E-state index is 5.27. The lowest BCUT2D eigenvalue weighted by atomic mass is 10.8. The minimum absolute atomic E-state index is 0.248. The quantitative estimate of drug-likeness (QED) is 0.422. The van der Waals surface area contributed by atoms with Gasteiger partial charge in [0, 0.05) is 5.54 Å². The fourth-order valence-electron chi connectivity index (χ4n) is 0.0600. The maximum atomic E-state index is 5.27. The van der Waals surface area contributed by atoms with Crippen molar-refractivity contribution in [3.8, 4) is 0 Å². The van der Waals surface area contributed by atoms with Crippen LogP contribution in [0.3, 0.4) is 0 Å². The lowest BCUT2D eigenvalue weighted by molar-refractivity contribution is 1.67. The van der Waals surface area contributed by atoms with Gasteiger partial charge in [0.25, 0.3) is 0 Å². The van der Waals surface area contributed by atoms with Crippen LogP contribution in [0.5, 0.6) is 0 Å². The first-order chi connectivity index (χ1) is 2.77. The number of halogens is 2. The molecule has 0 aliphatic heterocycles. The van der Waals surface area contributed by atoms with Gasteiger partial charge in [-0.15, -0.1) is 11.6 Å². The van der Waals surface area contributed by atoms with Crippen LogP contribution in [0, 0.1) is 0 Å². The predicted octanol–water partition coefficient (Wildman–Crippen LogP) is 2.23. The predicted molar refractivity (Wildman–Crippen MR) is 33.6 cm³/mol. The van der Waals surface area contributed by atoms with Crippen LogP contribution in [0.4, 0.5) is 0 Å². The van der Waals surface area contributed by atoms with Gasteiger partial charge in [0.1, 0.15) is 0 Å². The summed E-state index contributed by atoms with van der Waals surface area (Å²) in [6.07, 6.45) is 1.56. The highest BCUT2D eigenvalue weighted by atomic mass is 35.5. The topological polar surface area (TPSA) is 0 Å². The molecule has 1 unspecified atom stereocenters. The molecule has 0 spiro atoms. The Labute approximate surface area is 52.5 Å². The lowest BCUT2D eigenvalue weighted by Crippen LogP contribution is -1.71. The molecular weight excluding hydrogens is 139 g/mol. The molecule has 0 saturated carbocycles. The summed E-state index contributed by atoms with van der Waals surface area (Å²) in [7, 11) is 0. The van der Waals surface area contributed by atoms with Crippen molar-refractivity contribution in [1.82, 2.24) is 0 Å². The molecule has 0 amide bonds. The van der Waals surface area contributed by atoms with E-state index in [4.69, 9.17) is 23.2 Å². The first-order valence-electron chi connectivity index (χ1n) is 1.36. The monoisotopic (exact) mass is 142 g/mol. The zero-order valence-electron chi connectivity index (χ0n) is 2.94. The van der Waals surface area contributed by atoms with E-state index in [1.165, 1.54) is 5.54 Å². The van der Waals surface area contributed by atoms with E-state index in [-0.39, 0.29) is 4.71 Å². The van der Waals surface area contributed by atoms with Crippen molar-refractivity contribution in [3.63, 3.8) is 0 Å². The molecule has 0 aromatic carbocycles. The lowest BCUT2D eigenvalue weighted by Gasteiger charge is -1.82. The fourth-order valence-corrected chi connectivity index (χ4v) is 0.540. The number of alkyl halides is 1. The average molecular weight is 143 g/mol. The number of thiol groups is 1. The third-order valence-corrected chi connectivity index (χ3v) is 0.695. The molecule has 0 N–H and O–H groups in total. The van der Waals surface area contributed by atoms with Crippen LogP contribution in [0.15, 0.2) is 11.6 Å². The molecule has 1 atom stereocenters. The summed E-state index contributed by atoms with van der Waals surface area (Å²) in [6, 6.07) is 0. The SMILES string of the molecule is SC(Cl)C=CCl. The van der Waals surface area contributed by atoms with E-state index in [1.807, 2.05) is 0 Å². The van der Waals surface area contributed by atoms with Crippen LogP contribution >= 0.6 is 35.8 Å². The van der Waals surface area contributed by atoms with Gasteiger partial charge in [-0.2, -0.15) is 12.6 Å². The first kappa shape index (κ1) is 6.67. The van der Waals surface area contributed by atoms with Gasteiger partial charge in [-0.1, -0.05) is 11.6 Å².